The Morgan fingerprint density at radius 1 is 1.33 bits per heavy atom. The number of aliphatic hydroxyl groups excluding tert-OH is 1. The Hall–Kier alpha value is -1.75. The van der Waals surface area contributed by atoms with E-state index in [9.17, 15) is 9.90 Å². The van der Waals surface area contributed by atoms with Crippen molar-refractivity contribution in [2.75, 3.05) is 31.1 Å². The van der Waals surface area contributed by atoms with Gasteiger partial charge in [0.2, 0.25) is 0 Å². The monoisotopic (exact) mass is 333 g/mol. The van der Waals surface area contributed by atoms with Crippen molar-refractivity contribution >= 4 is 11.7 Å². The van der Waals surface area contributed by atoms with Crippen molar-refractivity contribution < 1.29 is 9.90 Å². The molecule has 5 heteroatoms. The molecule has 2 atom stereocenters. The fourth-order valence-electron chi connectivity index (χ4n) is 3.25. The molecule has 3 N–H and O–H groups in total. The lowest BCUT2D eigenvalue weighted by atomic mass is 9.88. The zero-order valence-electron chi connectivity index (χ0n) is 15.1. The first-order chi connectivity index (χ1) is 11.4. The van der Waals surface area contributed by atoms with E-state index in [1.807, 2.05) is 6.07 Å². The highest BCUT2D eigenvalue weighted by Gasteiger charge is 2.24. The first-order valence-corrected chi connectivity index (χ1v) is 8.82. The molecule has 0 bridgehead atoms. The van der Waals surface area contributed by atoms with Crippen molar-refractivity contribution in [3.8, 4) is 0 Å². The highest BCUT2D eigenvalue weighted by atomic mass is 16.3. The molecule has 0 spiro atoms. The van der Waals surface area contributed by atoms with Gasteiger partial charge >= 0.3 is 6.03 Å². The number of nitrogens with zero attached hydrogens (tertiary/aromatic N) is 1. The Balaban J connectivity index is 1.72. The van der Waals surface area contributed by atoms with Gasteiger partial charge in [-0.2, -0.15) is 0 Å². The van der Waals surface area contributed by atoms with Gasteiger partial charge in [-0.05, 0) is 36.3 Å². The van der Waals surface area contributed by atoms with Crippen molar-refractivity contribution in [1.29, 1.82) is 0 Å². The molecular formula is C19H31N3O2. The number of hydrogen-bond donors (Lipinski definition) is 3. The minimum Gasteiger partial charge on any atom is -0.394 e. The van der Waals surface area contributed by atoms with Crippen molar-refractivity contribution in [3.05, 3.63) is 30.3 Å². The maximum atomic E-state index is 12.1. The highest BCUT2D eigenvalue weighted by Crippen LogP contribution is 2.23. The molecule has 1 saturated heterocycles. The fourth-order valence-corrected chi connectivity index (χ4v) is 3.25. The molecule has 1 aliphatic heterocycles. The molecule has 2 rings (SSSR count). The number of benzene rings is 1. The second-order valence-electron chi connectivity index (χ2n) is 7.93. The predicted molar refractivity (Wildman–Crippen MR) is 98.2 cm³/mol. The quantitative estimate of drug-likeness (QED) is 0.750. The molecule has 1 fully saturated rings. The highest BCUT2D eigenvalue weighted by molar-refractivity contribution is 5.74. The average molecular weight is 333 g/mol. The Morgan fingerprint density at radius 2 is 2.04 bits per heavy atom. The molecule has 134 valence electrons. The summed E-state index contributed by atoms with van der Waals surface area (Å²) in [6.45, 7) is 8.94. The summed E-state index contributed by atoms with van der Waals surface area (Å²) < 4.78 is 0. The van der Waals surface area contributed by atoms with Gasteiger partial charge in [-0.15, -0.1) is 0 Å². The van der Waals surface area contributed by atoms with Gasteiger partial charge in [-0.25, -0.2) is 4.79 Å². The van der Waals surface area contributed by atoms with Crippen LogP contribution >= 0.6 is 0 Å². The van der Waals surface area contributed by atoms with Crippen LogP contribution in [-0.4, -0.2) is 43.4 Å². The van der Waals surface area contributed by atoms with Crippen LogP contribution in [0.15, 0.2) is 30.3 Å². The Bertz CT molecular complexity index is 513. The van der Waals surface area contributed by atoms with Crippen molar-refractivity contribution in [2.45, 2.75) is 39.7 Å². The van der Waals surface area contributed by atoms with Crippen LogP contribution in [0.5, 0.6) is 0 Å². The first-order valence-electron chi connectivity index (χ1n) is 8.82. The van der Waals surface area contributed by atoms with Crippen LogP contribution in [0.4, 0.5) is 10.5 Å². The molecule has 1 aromatic rings. The summed E-state index contributed by atoms with van der Waals surface area (Å²) in [6, 6.07) is 10.0. The summed E-state index contributed by atoms with van der Waals surface area (Å²) in [7, 11) is 0. The summed E-state index contributed by atoms with van der Waals surface area (Å²) in [6.07, 6.45) is 1.84. The van der Waals surface area contributed by atoms with E-state index in [1.54, 1.807) is 0 Å². The van der Waals surface area contributed by atoms with Gasteiger partial charge in [0, 0.05) is 25.3 Å². The predicted octanol–water partition coefficient (Wildman–Crippen LogP) is 2.61. The van der Waals surface area contributed by atoms with E-state index in [1.165, 1.54) is 5.69 Å². The average Bonchev–Trinajstić information content (AvgIpc) is 3.01. The van der Waals surface area contributed by atoms with E-state index in [4.69, 9.17) is 0 Å². The molecule has 2 unspecified atom stereocenters. The van der Waals surface area contributed by atoms with Crippen LogP contribution in [0, 0.1) is 11.3 Å². The molecule has 1 aromatic carbocycles. The molecule has 1 aliphatic rings. The number of amides is 2. The van der Waals surface area contributed by atoms with E-state index in [-0.39, 0.29) is 24.1 Å². The largest absolute Gasteiger partial charge is 0.394 e. The van der Waals surface area contributed by atoms with Crippen LogP contribution in [0.1, 0.15) is 33.6 Å². The van der Waals surface area contributed by atoms with Gasteiger partial charge in [0.15, 0.2) is 0 Å². The molecule has 0 radical (unpaired) electrons. The number of hydrogen-bond acceptors (Lipinski definition) is 3. The third kappa shape index (κ3) is 6.04. The van der Waals surface area contributed by atoms with Crippen molar-refractivity contribution in [2.24, 2.45) is 11.3 Å². The lowest BCUT2D eigenvalue weighted by Crippen LogP contribution is -2.46. The Kier molecular flexibility index (Phi) is 6.49. The summed E-state index contributed by atoms with van der Waals surface area (Å²) in [5.74, 6) is 0.464. The molecule has 0 saturated carbocycles. The Labute approximate surface area is 145 Å². The molecule has 2 amide bonds. The molecule has 0 aliphatic carbocycles. The second-order valence-corrected chi connectivity index (χ2v) is 7.93. The van der Waals surface area contributed by atoms with Gasteiger partial charge in [-0.3, -0.25) is 0 Å². The van der Waals surface area contributed by atoms with Crippen molar-refractivity contribution in [1.82, 2.24) is 10.6 Å². The Morgan fingerprint density at radius 3 is 2.67 bits per heavy atom. The number of carbonyl (C=O) groups excluding carboxylic acids is 1. The number of anilines is 1. The normalized spacial score (nSPS) is 19.2. The van der Waals surface area contributed by atoms with E-state index in [0.29, 0.717) is 12.5 Å². The lowest BCUT2D eigenvalue weighted by Gasteiger charge is -2.25. The van der Waals surface area contributed by atoms with Gasteiger partial charge in [0.05, 0.1) is 12.6 Å². The van der Waals surface area contributed by atoms with Crippen LogP contribution in [0.3, 0.4) is 0 Å². The number of para-hydroxylation sites is 1. The van der Waals surface area contributed by atoms with Gasteiger partial charge < -0.3 is 20.6 Å². The molecule has 5 nitrogen and oxygen atoms in total. The molecule has 24 heavy (non-hydrogen) atoms. The standard InChI is InChI=1S/C19H31N3O2/c1-19(2,3)11-16(14-23)21-18(24)20-12-15-9-10-22(13-15)17-7-5-4-6-8-17/h4-8,15-16,23H,9-14H2,1-3H3,(H2,20,21,24). The van der Waals surface area contributed by atoms with Crippen LogP contribution in [-0.2, 0) is 0 Å². The van der Waals surface area contributed by atoms with Crippen LogP contribution in [0.25, 0.3) is 0 Å². The summed E-state index contributed by atoms with van der Waals surface area (Å²) in [4.78, 5) is 14.4. The fraction of sp³-hybridized carbons (Fsp3) is 0.632. The van der Waals surface area contributed by atoms with Crippen LogP contribution < -0.4 is 15.5 Å². The number of carbonyl (C=O) groups is 1. The smallest absolute Gasteiger partial charge is 0.315 e. The molecule has 1 heterocycles. The second kappa shape index (κ2) is 8.38. The van der Waals surface area contributed by atoms with E-state index in [2.05, 4.69) is 60.6 Å². The number of urea groups is 1. The van der Waals surface area contributed by atoms with E-state index < -0.39 is 0 Å². The summed E-state index contributed by atoms with van der Waals surface area (Å²) in [5.41, 5.74) is 1.32. The maximum Gasteiger partial charge on any atom is 0.315 e. The summed E-state index contributed by atoms with van der Waals surface area (Å²) >= 11 is 0. The van der Waals surface area contributed by atoms with E-state index in [0.717, 1.165) is 25.9 Å². The topological polar surface area (TPSA) is 64.6 Å². The number of nitrogens with one attached hydrogen (secondary N) is 2. The molecule has 0 aromatic heterocycles. The lowest BCUT2D eigenvalue weighted by molar-refractivity contribution is 0.190. The van der Waals surface area contributed by atoms with Gasteiger partial charge in [0.1, 0.15) is 0 Å². The maximum absolute atomic E-state index is 12.1. The van der Waals surface area contributed by atoms with E-state index >= 15 is 0 Å². The van der Waals surface area contributed by atoms with Gasteiger partial charge in [-0.1, -0.05) is 39.0 Å². The number of aliphatic hydroxyl groups is 1. The summed E-state index contributed by atoms with van der Waals surface area (Å²) in [5, 5.41) is 15.3. The zero-order chi connectivity index (χ0) is 17.6. The SMILES string of the molecule is CC(C)(C)CC(CO)NC(=O)NCC1CCN(c2ccccc2)C1. The minimum atomic E-state index is -0.200. The van der Waals surface area contributed by atoms with Crippen molar-refractivity contribution in [3.63, 3.8) is 0 Å². The minimum absolute atomic E-state index is 0.0318. The van der Waals surface area contributed by atoms with Gasteiger partial charge in [0.25, 0.3) is 0 Å². The molecular weight excluding hydrogens is 302 g/mol. The first kappa shape index (κ1) is 18.6. The third-order valence-corrected chi connectivity index (χ3v) is 4.37. The third-order valence-electron chi connectivity index (χ3n) is 4.37. The number of rotatable bonds is 6. The van der Waals surface area contributed by atoms with Crippen LogP contribution in [0.2, 0.25) is 0 Å². The zero-order valence-corrected chi connectivity index (χ0v) is 15.1.